The van der Waals surface area contributed by atoms with Crippen molar-refractivity contribution in [2.24, 2.45) is 11.3 Å². The van der Waals surface area contributed by atoms with Crippen molar-refractivity contribution < 1.29 is 28.6 Å². The second-order valence-electron chi connectivity index (χ2n) is 12.4. The van der Waals surface area contributed by atoms with Gasteiger partial charge in [0.25, 0.3) is 0 Å². The maximum absolute atomic E-state index is 15.1. The van der Waals surface area contributed by atoms with Crippen molar-refractivity contribution in [1.29, 1.82) is 0 Å². The molecular formula is C35H36N2O6. The number of hydrogen-bond acceptors (Lipinski definition) is 7. The van der Waals surface area contributed by atoms with E-state index in [1.54, 1.807) is 12.1 Å². The number of methoxy groups -OCH3 is 3. The van der Waals surface area contributed by atoms with E-state index in [9.17, 15) is 9.59 Å². The number of ketones is 2. The minimum absolute atomic E-state index is 0.125. The monoisotopic (exact) mass is 580 g/mol. The summed E-state index contributed by atoms with van der Waals surface area (Å²) in [4.78, 5) is 46.4. The number of allylic oxidation sites excluding steroid dienone is 1. The molecule has 1 N–H and O–H groups in total. The number of amides is 1. The van der Waals surface area contributed by atoms with Crippen LogP contribution in [0.3, 0.4) is 0 Å². The molecule has 1 saturated heterocycles. The van der Waals surface area contributed by atoms with Crippen LogP contribution < -0.4 is 24.4 Å². The van der Waals surface area contributed by atoms with Gasteiger partial charge in [-0.05, 0) is 42.3 Å². The van der Waals surface area contributed by atoms with Crippen LogP contribution in [-0.2, 0) is 15.0 Å². The van der Waals surface area contributed by atoms with Gasteiger partial charge >= 0.3 is 0 Å². The number of benzene rings is 3. The predicted octanol–water partition coefficient (Wildman–Crippen LogP) is 5.69. The van der Waals surface area contributed by atoms with Crippen LogP contribution in [0.5, 0.6) is 17.2 Å². The highest BCUT2D eigenvalue weighted by Crippen LogP contribution is 2.59. The van der Waals surface area contributed by atoms with Gasteiger partial charge in [0.05, 0.1) is 33.3 Å². The average molecular weight is 581 g/mol. The maximum atomic E-state index is 15.1. The Hall–Kier alpha value is -4.59. The van der Waals surface area contributed by atoms with Gasteiger partial charge in [-0.3, -0.25) is 14.4 Å². The maximum Gasteiger partial charge on any atom is 0.238 e. The standard InChI is InChI=1S/C35H36N2O6/c1-19-16-27-35(22-13-9-10-14-23(22)36-33(35)40)28(30(38)20-17-25(41-5)31(43-7)26(18-20)42-6)29(32(39)34(2,3)4)37(27)24-15-11-8-12-21(19)24/h8-18,27-29H,1-7H3,(H,36,40)/t27-,28+,29-,35-/m1/s1. The molecular weight excluding hydrogens is 544 g/mol. The van der Waals surface area contributed by atoms with E-state index in [-0.39, 0.29) is 23.0 Å². The Morgan fingerprint density at radius 1 is 0.907 bits per heavy atom. The van der Waals surface area contributed by atoms with E-state index in [1.807, 2.05) is 81.1 Å². The molecule has 1 amide bonds. The van der Waals surface area contributed by atoms with Gasteiger partial charge in [0.2, 0.25) is 11.7 Å². The number of Topliss-reactive ketones (excluding diaryl/α,β-unsaturated/α-hetero) is 2. The largest absolute Gasteiger partial charge is 0.493 e. The highest BCUT2D eigenvalue weighted by molar-refractivity contribution is 6.17. The Kier molecular flexibility index (Phi) is 6.64. The fourth-order valence-electron chi connectivity index (χ4n) is 7.23. The van der Waals surface area contributed by atoms with E-state index in [2.05, 4.69) is 11.4 Å². The minimum atomic E-state index is -1.39. The first kappa shape index (κ1) is 28.5. The average Bonchev–Trinajstić information content (AvgIpc) is 3.47. The zero-order valence-corrected chi connectivity index (χ0v) is 25.5. The Bertz CT molecular complexity index is 1680. The summed E-state index contributed by atoms with van der Waals surface area (Å²) in [6, 6.07) is 17.0. The molecule has 0 radical (unpaired) electrons. The lowest BCUT2D eigenvalue weighted by molar-refractivity contribution is -0.128. The summed E-state index contributed by atoms with van der Waals surface area (Å²) in [7, 11) is 4.47. The summed E-state index contributed by atoms with van der Waals surface area (Å²) in [6.07, 6.45) is 2.05. The first-order chi connectivity index (χ1) is 20.5. The molecule has 222 valence electrons. The first-order valence-electron chi connectivity index (χ1n) is 14.4. The van der Waals surface area contributed by atoms with Crippen molar-refractivity contribution in [3.05, 3.63) is 83.4 Å². The number of fused-ring (bicyclic) bond motifs is 6. The Labute approximate surface area is 251 Å². The number of carbonyl (C=O) groups excluding carboxylic acids is 3. The molecule has 0 bridgehead atoms. The van der Waals surface area contributed by atoms with Crippen LogP contribution in [-0.4, -0.2) is 50.9 Å². The van der Waals surface area contributed by atoms with Gasteiger partial charge in [-0.15, -0.1) is 0 Å². The van der Waals surface area contributed by atoms with E-state index < -0.39 is 28.8 Å². The zero-order chi connectivity index (χ0) is 30.8. The van der Waals surface area contributed by atoms with Crippen LogP contribution in [0.15, 0.2) is 66.7 Å². The van der Waals surface area contributed by atoms with E-state index in [0.717, 1.165) is 16.8 Å². The molecule has 3 heterocycles. The molecule has 3 aromatic carbocycles. The van der Waals surface area contributed by atoms with Crippen molar-refractivity contribution in [2.75, 3.05) is 31.5 Å². The minimum Gasteiger partial charge on any atom is -0.493 e. The van der Waals surface area contributed by atoms with Gasteiger partial charge in [-0.2, -0.15) is 0 Å². The number of rotatable bonds is 6. The Morgan fingerprint density at radius 3 is 2.16 bits per heavy atom. The van der Waals surface area contributed by atoms with Crippen molar-refractivity contribution in [3.8, 4) is 17.2 Å². The molecule has 43 heavy (non-hydrogen) atoms. The highest BCUT2D eigenvalue weighted by Gasteiger charge is 2.71. The number of hydrogen-bond donors (Lipinski definition) is 1. The third-order valence-corrected chi connectivity index (χ3v) is 9.12. The van der Waals surface area contributed by atoms with Gasteiger partial charge in [0.15, 0.2) is 23.1 Å². The first-order valence-corrected chi connectivity index (χ1v) is 14.4. The molecule has 1 fully saturated rings. The lowest BCUT2D eigenvalue weighted by Crippen LogP contribution is -2.51. The molecule has 4 atom stereocenters. The number of anilines is 2. The number of nitrogens with one attached hydrogen (secondary N) is 1. The third-order valence-electron chi connectivity index (χ3n) is 9.12. The topological polar surface area (TPSA) is 94.2 Å². The SMILES string of the molecule is COc1cc(C(=O)[C@@H]2[C@H](C(=O)C(C)(C)C)N3c4ccccc4C(C)=C[C@@H]3[C@@]23C(=O)Nc2ccccc23)cc(OC)c1OC. The van der Waals surface area contributed by atoms with Crippen LogP contribution in [0.1, 0.15) is 49.2 Å². The second kappa shape index (κ2) is 10.0. The molecule has 1 spiro atoms. The molecule has 0 unspecified atom stereocenters. The fraction of sp³-hybridized carbons (Fsp3) is 0.343. The van der Waals surface area contributed by atoms with Gasteiger partial charge < -0.3 is 24.4 Å². The van der Waals surface area contributed by atoms with Crippen LogP contribution in [0.25, 0.3) is 5.57 Å². The molecule has 3 aliphatic rings. The Morgan fingerprint density at radius 2 is 1.53 bits per heavy atom. The smallest absolute Gasteiger partial charge is 0.238 e. The number of carbonyl (C=O) groups is 3. The molecule has 3 aromatic rings. The van der Waals surface area contributed by atoms with Gasteiger partial charge in [0.1, 0.15) is 11.5 Å². The van der Waals surface area contributed by atoms with Crippen LogP contribution in [0.2, 0.25) is 0 Å². The molecule has 3 aliphatic heterocycles. The van der Waals surface area contributed by atoms with E-state index in [4.69, 9.17) is 14.2 Å². The summed E-state index contributed by atoms with van der Waals surface area (Å²) in [5, 5.41) is 3.07. The quantitative estimate of drug-likeness (QED) is 0.375. The lowest BCUT2D eigenvalue weighted by atomic mass is 9.63. The number of nitrogens with zero attached hydrogens (tertiary/aromatic N) is 1. The van der Waals surface area contributed by atoms with E-state index >= 15 is 4.79 Å². The van der Waals surface area contributed by atoms with Crippen molar-refractivity contribution in [2.45, 2.75) is 45.2 Å². The van der Waals surface area contributed by atoms with Crippen LogP contribution in [0.4, 0.5) is 11.4 Å². The summed E-state index contributed by atoms with van der Waals surface area (Å²) in [6.45, 7) is 7.58. The molecule has 0 aliphatic carbocycles. The normalized spacial score (nSPS) is 23.6. The van der Waals surface area contributed by atoms with Crippen molar-refractivity contribution in [3.63, 3.8) is 0 Å². The zero-order valence-electron chi connectivity index (χ0n) is 25.5. The molecule has 8 nitrogen and oxygen atoms in total. The number of ether oxygens (including phenoxy) is 3. The number of para-hydroxylation sites is 2. The van der Waals surface area contributed by atoms with Crippen molar-refractivity contribution in [1.82, 2.24) is 0 Å². The lowest BCUT2D eigenvalue weighted by Gasteiger charge is -2.39. The van der Waals surface area contributed by atoms with Gasteiger partial charge in [-0.25, -0.2) is 0 Å². The summed E-state index contributed by atoms with van der Waals surface area (Å²) in [5.74, 6) is -0.893. The van der Waals surface area contributed by atoms with Crippen LogP contribution >= 0.6 is 0 Å². The highest BCUT2D eigenvalue weighted by atomic mass is 16.5. The molecule has 6 rings (SSSR count). The fourth-order valence-corrected chi connectivity index (χ4v) is 7.23. The van der Waals surface area contributed by atoms with Crippen LogP contribution in [0, 0.1) is 11.3 Å². The third kappa shape index (κ3) is 3.92. The summed E-state index contributed by atoms with van der Waals surface area (Å²) >= 11 is 0. The Balaban J connectivity index is 1.70. The summed E-state index contributed by atoms with van der Waals surface area (Å²) < 4.78 is 16.7. The summed E-state index contributed by atoms with van der Waals surface area (Å²) in [5.41, 5.74) is 2.17. The van der Waals surface area contributed by atoms with E-state index in [0.29, 0.717) is 28.5 Å². The van der Waals surface area contributed by atoms with E-state index in [1.165, 1.54) is 21.3 Å². The van der Waals surface area contributed by atoms with Gasteiger partial charge in [0, 0.05) is 27.9 Å². The van der Waals surface area contributed by atoms with Gasteiger partial charge in [-0.1, -0.05) is 63.2 Å². The predicted molar refractivity (Wildman–Crippen MR) is 165 cm³/mol. The molecule has 8 heteroatoms. The van der Waals surface area contributed by atoms with Crippen molar-refractivity contribution >= 4 is 34.4 Å². The molecule has 0 aromatic heterocycles. The molecule has 0 saturated carbocycles. The second-order valence-corrected chi connectivity index (χ2v) is 12.4.